The molecule has 2 amide bonds. The first kappa shape index (κ1) is 18.9. The molecule has 0 bridgehead atoms. The first-order valence-electron chi connectivity index (χ1n) is 9.58. The second kappa shape index (κ2) is 7.96. The van der Waals surface area contributed by atoms with Crippen LogP contribution in [0.3, 0.4) is 0 Å². The molecule has 4 heterocycles. The number of anilines is 1. The number of imide groups is 1. The molecule has 2 fully saturated rings. The van der Waals surface area contributed by atoms with Crippen LogP contribution in [0, 0.1) is 0 Å². The first-order chi connectivity index (χ1) is 14.6. The van der Waals surface area contributed by atoms with E-state index in [0.29, 0.717) is 16.5 Å². The topological polar surface area (TPSA) is 96.9 Å². The van der Waals surface area contributed by atoms with Gasteiger partial charge in [0.2, 0.25) is 12.7 Å². The maximum atomic E-state index is 11.7. The smallest absolute Gasteiger partial charge is 0.290 e. The van der Waals surface area contributed by atoms with E-state index in [2.05, 4.69) is 31.2 Å². The van der Waals surface area contributed by atoms with Gasteiger partial charge in [-0.2, -0.15) is 0 Å². The van der Waals surface area contributed by atoms with E-state index in [1.165, 1.54) is 5.56 Å². The summed E-state index contributed by atoms with van der Waals surface area (Å²) in [4.78, 5) is 36.8. The second-order valence-electron chi connectivity index (χ2n) is 7.08. The third-order valence-electron chi connectivity index (χ3n) is 5.08. The summed E-state index contributed by atoms with van der Waals surface area (Å²) < 4.78 is 10.8. The number of carbonyl (C=O) groups is 2. The average Bonchev–Trinajstić information content (AvgIpc) is 3.34. The normalized spacial score (nSPS) is 20.1. The SMILES string of the molecule is O=C1NC(=O)/C(=C/c2ccnc(N3CCN(Cc4ccc5c(c4)OCO5)CC3)n2)S1. The van der Waals surface area contributed by atoms with Crippen molar-refractivity contribution in [2.45, 2.75) is 6.54 Å². The van der Waals surface area contributed by atoms with E-state index in [1.807, 2.05) is 12.1 Å². The molecule has 0 unspecified atom stereocenters. The Hall–Kier alpha value is -3.11. The van der Waals surface area contributed by atoms with Crippen LogP contribution in [-0.2, 0) is 11.3 Å². The van der Waals surface area contributed by atoms with Gasteiger partial charge in [-0.1, -0.05) is 6.07 Å². The Labute approximate surface area is 177 Å². The zero-order chi connectivity index (χ0) is 20.5. The monoisotopic (exact) mass is 425 g/mol. The zero-order valence-electron chi connectivity index (χ0n) is 16.0. The largest absolute Gasteiger partial charge is 0.454 e. The van der Waals surface area contributed by atoms with Gasteiger partial charge in [0.1, 0.15) is 0 Å². The fourth-order valence-corrected chi connectivity index (χ4v) is 4.22. The molecule has 30 heavy (non-hydrogen) atoms. The molecule has 0 spiro atoms. The lowest BCUT2D eigenvalue weighted by Gasteiger charge is -2.34. The van der Waals surface area contributed by atoms with Crippen molar-refractivity contribution in [1.82, 2.24) is 20.2 Å². The van der Waals surface area contributed by atoms with Gasteiger partial charge >= 0.3 is 0 Å². The molecule has 1 aromatic heterocycles. The van der Waals surface area contributed by atoms with Gasteiger partial charge in [0.25, 0.3) is 11.1 Å². The van der Waals surface area contributed by atoms with Crippen LogP contribution < -0.4 is 19.7 Å². The maximum absolute atomic E-state index is 11.7. The number of thioether (sulfide) groups is 1. The number of rotatable bonds is 4. The lowest BCUT2D eigenvalue weighted by molar-refractivity contribution is -0.115. The van der Waals surface area contributed by atoms with Crippen LogP contribution in [0.2, 0.25) is 0 Å². The average molecular weight is 425 g/mol. The van der Waals surface area contributed by atoms with Gasteiger partial charge in [-0.3, -0.25) is 19.8 Å². The number of carbonyl (C=O) groups excluding carboxylic acids is 2. The molecule has 0 saturated carbocycles. The number of nitrogens with one attached hydrogen (secondary N) is 1. The van der Waals surface area contributed by atoms with Crippen molar-refractivity contribution in [3.05, 3.63) is 46.6 Å². The van der Waals surface area contributed by atoms with Crippen LogP contribution in [0.1, 0.15) is 11.3 Å². The molecular formula is C20H19N5O4S. The van der Waals surface area contributed by atoms with Gasteiger partial charge in [-0.15, -0.1) is 0 Å². The minimum absolute atomic E-state index is 0.285. The highest BCUT2D eigenvalue weighted by Gasteiger charge is 2.25. The van der Waals surface area contributed by atoms with E-state index >= 15 is 0 Å². The van der Waals surface area contributed by atoms with Crippen LogP contribution in [0.25, 0.3) is 6.08 Å². The Morgan fingerprint density at radius 3 is 2.73 bits per heavy atom. The summed E-state index contributed by atoms with van der Waals surface area (Å²) in [6.45, 7) is 4.51. The number of benzene rings is 1. The summed E-state index contributed by atoms with van der Waals surface area (Å²) >= 11 is 0.883. The highest BCUT2D eigenvalue weighted by Crippen LogP contribution is 2.33. The van der Waals surface area contributed by atoms with Crippen molar-refractivity contribution in [3.8, 4) is 11.5 Å². The molecule has 1 N–H and O–H groups in total. The van der Waals surface area contributed by atoms with E-state index in [1.54, 1.807) is 18.3 Å². The fraction of sp³-hybridized carbons (Fsp3) is 0.300. The molecule has 3 aliphatic heterocycles. The van der Waals surface area contributed by atoms with Crippen LogP contribution in [-0.4, -0.2) is 59.0 Å². The minimum atomic E-state index is -0.387. The van der Waals surface area contributed by atoms with Crippen LogP contribution >= 0.6 is 11.8 Å². The summed E-state index contributed by atoms with van der Waals surface area (Å²) in [5.74, 6) is 1.85. The number of hydrogen-bond acceptors (Lipinski definition) is 9. The molecule has 9 nitrogen and oxygen atoms in total. The van der Waals surface area contributed by atoms with Crippen molar-refractivity contribution in [2.24, 2.45) is 0 Å². The number of ether oxygens (including phenoxy) is 2. The molecule has 0 atom stereocenters. The quantitative estimate of drug-likeness (QED) is 0.736. The number of fused-ring (bicyclic) bond motifs is 1. The summed E-state index contributed by atoms with van der Waals surface area (Å²) in [6.07, 6.45) is 3.29. The molecular weight excluding hydrogens is 406 g/mol. The number of hydrogen-bond donors (Lipinski definition) is 1. The molecule has 2 aromatic rings. The van der Waals surface area contributed by atoms with Crippen molar-refractivity contribution >= 4 is 34.9 Å². The molecule has 1 aromatic carbocycles. The number of amides is 2. The molecule has 3 aliphatic rings. The van der Waals surface area contributed by atoms with E-state index in [9.17, 15) is 9.59 Å². The summed E-state index contributed by atoms with van der Waals surface area (Å²) in [5, 5.41) is 1.88. The number of piperazine rings is 1. The minimum Gasteiger partial charge on any atom is -0.454 e. The highest BCUT2D eigenvalue weighted by molar-refractivity contribution is 8.18. The van der Waals surface area contributed by atoms with E-state index in [4.69, 9.17) is 9.47 Å². The molecule has 154 valence electrons. The highest BCUT2D eigenvalue weighted by atomic mass is 32.2. The van der Waals surface area contributed by atoms with Crippen molar-refractivity contribution in [3.63, 3.8) is 0 Å². The fourth-order valence-electron chi connectivity index (χ4n) is 3.55. The van der Waals surface area contributed by atoms with E-state index in [0.717, 1.165) is 56.0 Å². The Morgan fingerprint density at radius 1 is 1.10 bits per heavy atom. The lowest BCUT2D eigenvalue weighted by Crippen LogP contribution is -2.46. The van der Waals surface area contributed by atoms with Crippen LogP contribution in [0.4, 0.5) is 10.7 Å². The Morgan fingerprint density at radius 2 is 1.93 bits per heavy atom. The Bertz CT molecular complexity index is 1040. The van der Waals surface area contributed by atoms with Crippen LogP contribution in [0.15, 0.2) is 35.4 Å². The van der Waals surface area contributed by atoms with Gasteiger partial charge in [0.05, 0.1) is 10.6 Å². The lowest BCUT2D eigenvalue weighted by atomic mass is 10.1. The molecule has 2 saturated heterocycles. The van der Waals surface area contributed by atoms with Crippen LogP contribution in [0.5, 0.6) is 11.5 Å². The second-order valence-corrected chi connectivity index (χ2v) is 8.10. The maximum Gasteiger partial charge on any atom is 0.290 e. The number of nitrogens with zero attached hydrogens (tertiary/aromatic N) is 4. The molecule has 5 rings (SSSR count). The standard InChI is InChI=1S/C20H19N5O4S/c26-18-17(30-20(27)23-18)10-14-3-4-21-19(22-14)25-7-5-24(6-8-25)11-13-1-2-15-16(9-13)29-12-28-15/h1-4,9-10H,5-8,11-12H2,(H,23,26,27)/b17-10-. The van der Waals surface area contributed by atoms with Crippen molar-refractivity contribution in [1.29, 1.82) is 0 Å². The summed E-state index contributed by atoms with van der Waals surface area (Å²) in [6, 6.07) is 7.79. The predicted octanol–water partition coefficient (Wildman–Crippen LogP) is 1.85. The predicted molar refractivity (Wildman–Crippen MR) is 111 cm³/mol. The van der Waals surface area contributed by atoms with Gasteiger partial charge in [0.15, 0.2) is 11.5 Å². The van der Waals surface area contributed by atoms with Gasteiger partial charge < -0.3 is 14.4 Å². The Balaban J connectivity index is 1.21. The van der Waals surface area contributed by atoms with E-state index < -0.39 is 0 Å². The van der Waals surface area contributed by atoms with Gasteiger partial charge in [-0.05, 0) is 41.6 Å². The molecule has 10 heteroatoms. The first-order valence-corrected chi connectivity index (χ1v) is 10.4. The van der Waals surface area contributed by atoms with E-state index in [-0.39, 0.29) is 17.9 Å². The summed E-state index contributed by atoms with van der Waals surface area (Å²) in [5.41, 5.74) is 1.80. The third-order valence-corrected chi connectivity index (χ3v) is 5.89. The zero-order valence-corrected chi connectivity index (χ0v) is 16.9. The van der Waals surface area contributed by atoms with Gasteiger partial charge in [-0.25, -0.2) is 9.97 Å². The number of aromatic nitrogens is 2. The molecule has 0 radical (unpaired) electrons. The third kappa shape index (κ3) is 3.96. The van der Waals surface area contributed by atoms with Crippen molar-refractivity contribution < 1.29 is 19.1 Å². The van der Waals surface area contributed by atoms with Gasteiger partial charge in [0, 0.05) is 38.9 Å². The van der Waals surface area contributed by atoms with Crippen molar-refractivity contribution in [2.75, 3.05) is 37.9 Å². The molecule has 0 aliphatic carbocycles. The summed E-state index contributed by atoms with van der Waals surface area (Å²) in [7, 11) is 0. The Kier molecular flexibility index (Phi) is 5.01.